The second-order valence-electron chi connectivity index (χ2n) is 3.66. The van der Waals surface area contributed by atoms with Gasteiger partial charge < -0.3 is 9.84 Å². The number of rotatable bonds is 4. The average Bonchev–Trinajstić information content (AvgIpc) is 2.39. The molecule has 0 amide bonds. The van der Waals surface area contributed by atoms with E-state index in [0.29, 0.717) is 5.33 Å². The second-order valence-corrected chi connectivity index (χ2v) is 4.31. The van der Waals surface area contributed by atoms with Crippen LogP contribution >= 0.6 is 15.9 Å². The van der Waals surface area contributed by atoms with Crippen molar-refractivity contribution < 1.29 is 9.84 Å². The van der Waals surface area contributed by atoms with Crippen LogP contribution in [0.15, 0.2) is 54.6 Å². The number of para-hydroxylation sites is 1. The Morgan fingerprint density at radius 1 is 1.00 bits per heavy atom. The predicted octanol–water partition coefficient (Wildman–Crippen LogP) is 3.91. The van der Waals surface area contributed by atoms with E-state index in [4.69, 9.17) is 4.74 Å². The maximum absolute atomic E-state index is 9.72. The molecule has 0 bridgehead atoms. The summed E-state index contributed by atoms with van der Waals surface area (Å²) in [6.45, 7) is 0. The first-order valence-electron chi connectivity index (χ1n) is 5.36. The number of hydrogen-bond acceptors (Lipinski definition) is 2. The van der Waals surface area contributed by atoms with Crippen LogP contribution in [-0.4, -0.2) is 10.4 Å². The molecule has 1 atom stereocenters. The molecular formula is C14H13BrO2. The van der Waals surface area contributed by atoms with Crippen LogP contribution in [0.1, 0.15) is 11.7 Å². The highest BCUT2D eigenvalue weighted by atomic mass is 79.9. The lowest BCUT2D eigenvalue weighted by Gasteiger charge is -2.10. The Labute approximate surface area is 109 Å². The van der Waals surface area contributed by atoms with E-state index in [2.05, 4.69) is 15.9 Å². The summed E-state index contributed by atoms with van der Waals surface area (Å²) in [7, 11) is 0. The lowest BCUT2D eigenvalue weighted by molar-refractivity contribution is 0.205. The minimum Gasteiger partial charge on any atom is -0.457 e. The summed E-state index contributed by atoms with van der Waals surface area (Å²) in [4.78, 5) is 0. The van der Waals surface area contributed by atoms with E-state index < -0.39 is 6.10 Å². The van der Waals surface area contributed by atoms with Gasteiger partial charge in [-0.1, -0.05) is 46.3 Å². The normalized spacial score (nSPS) is 12.1. The highest BCUT2D eigenvalue weighted by molar-refractivity contribution is 9.09. The van der Waals surface area contributed by atoms with Gasteiger partial charge in [0.05, 0.1) is 6.10 Å². The molecule has 0 fully saturated rings. The molecule has 0 aromatic heterocycles. The Kier molecular flexibility index (Phi) is 4.18. The third-order valence-electron chi connectivity index (χ3n) is 2.37. The van der Waals surface area contributed by atoms with Gasteiger partial charge >= 0.3 is 0 Å². The Bertz CT molecular complexity index is 471. The molecule has 1 N–H and O–H groups in total. The van der Waals surface area contributed by atoms with Crippen LogP contribution in [0.4, 0.5) is 0 Å². The Morgan fingerprint density at radius 3 is 2.41 bits per heavy atom. The standard InChI is InChI=1S/C14H13BrO2/c15-10-14(16)11-5-4-8-13(9-11)17-12-6-2-1-3-7-12/h1-9,14,16H,10H2. The predicted molar refractivity (Wildman–Crippen MR) is 71.7 cm³/mol. The lowest BCUT2D eigenvalue weighted by Crippen LogP contribution is -1.98. The number of alkyl halides is 1. The third-order valence-corrected chi connectivity index (χ3v) is 2.98. The van der Waals surface area contributed by atoms with Gasteiger partial charge in [-0.3, -0.25) is 0 Å². The summed E-state index contributed by atoms with van der Waals surface area (Å²) < 4.78 is 5.69. The van der Waals surface area contributed by atoms with Gasteiger partial charge in [-0.15, -0.1) is 0 Å². The Balaban J connectivity index is 2.17. The summed E-state index contributed by atoms with van der Waals surface area (Å²) in [5, 5.41) is 10.2. The van der Waals surface area contributed by atoms with Gasteiger partial charge in [-0.05, 0) is 29.8 Å². The molecule has 17 heavy (non-hydrogen) atoms. The van der Waals surface area contributed by atoms with Crippen molar-refractivity contribution >= 4 is 15.9 Å². The molecule has 0 heterocycles. The fourth-order valence-electron chi connectivity index (χ4n) is 1.50. The number of aliphatic hydroxyl groups is 1. The van der Waals surface area contributed by atoms with Crippen LogP contribution in [0.2, 0.25) is 0 Å². The topological polar surface area (TPSA) is 29.5 Å². The van der Waals surface area contributed by atoms with Crippen LogP contribution in [0.5, 0.6) is 11.5 Å². The lowest BCUT2D eigenvalue weighted by atomic mass is 10.1. The molecule has 88 valence electrons. The molecule has 2 aromatic carbocycles. The van der Waals surface area contributed by atoms with E-state index in [9.17, 15) is 5.11 Å². The zero-order chi connectivity index (χ0) is 12.1. The summed E-state index contributed by atoms with van der Waals surface area (Å²) >= 11 is 3.25. The van der Waals surface area contributed by atoms with Gasteiger partial charge in [-0.2, -0.15) is 0 Å². The molecule has 0 aliphatic rings. The van der Waals surface area contributed by atoms with Gasteiger partial charge in [-0.25, -0.2) is 0 Å². The van der Waals surface area contributed by atoms with Crippen molar-refractivity contribution in [2.45, 2.75) is 6.10 Å². The molecule has 0 radical (unpaired) electrons. The van der Waals surface area contributed by atoms with Crippen molar-refractivity contribution in [2.24, 2.45) is 0 Å². The van der Waals surface area contributed by atoms with E-state index in [1.807, 2.05) is 54.6 Å². The van der Waals surface area contributed by atoms with Crippen LogP contribution in [0.3, 0.4) is 0 Å². The maximum Gasteiger partial charge on any atom is 0.127 e. The molecule has 0 aliphatic carbocycles. The van der Waals surface area contributed by atoms with Gasteiger partial charge in [0.15, 0.2) is 0 Å². The van der Waals surface area contributed by atoms with Gasteiger partial charge in [0.25, 0.3) is 0 Å². The van der Waals surface area contributed by atoms with Crippen molar-refractivity contribution in [2.75, 3.05) is 5.33 Å². The van der Waals surface area contributed by atoms with Crippen molar-refractivity contribution in [3.05, 3.63) is 60.2 Å². The van der Waals surface area contributed by atoms with Crippen LogP contribution in [-0.2, 0) is 0 Å². The van der Waals surface area contributed by atoms with Crippen molar-refractivity contribution in [3.63, 3.8) is 0 Å². The molecule has 2 rings (SSSR count). The molecule has 2 nitrogen and oxygen atoms in total. The van der Waals surface area contributed by atoms with Crippen LogP contribution < -0.4 is 4.74 Å². The first-order chi connectivity index (χ1) is 8.29. The fourth-order valence-corrected chi connectivity index (χ4v) is 1.87. The maximum atomic E-state index is 9.72. The van der Waals surface area contributed by atoms with Gasteiger partial charge in [0.1, 0.15) is 11.5 Å². The van der Waals surface area contributed by atoms with E-state index >= 15 is 0 Å². The Morgan fingerprint density at radius 2 is 1.71 bits per heavy atom. The summed E-state index contributed by atoms with van der Waals surface area (Å²) in [6, 6.07) is 17.1. The van der Waals surface area contributed by atoms with Crippen molar-refractivity contribution in [3.8, 4) is 11.5 Å². The number of hydrogen-bond donors (Lipinski definition) is 1. The van der Waals surface area contributed by atoms with E-state index in [1.165, 1.54) is 0 Å². The third kappa shape index (κ3) is 3.32. The molecule has 3 heteroatoms. The van der Waals surface area contributed by atoms with E-state index in [1.54, 1.807) is 0 Å². The highest BCUT2D eigenvalue weighted by Gasteiger charge is 2.06. The minimum absolute atomic E-state index is 0.505. The summed E-state index contributed by atoms with van der Waals surface area (Å²) in [6.07, 6.45) is -0.505. The first kappa shape index (κ1) is 12.1. The van der Waals surface area contributed by atoms with Gasteiger partial charge in [0, 0.05) is 5.33 Å². The minimum atomic E-state index is -0.505. The number of ether oxygens (including phenoxy) is 1. The summed E-state index contributed by atoms with van der Waals surface area (Å²) in [5.41, 5.74) is 0.843. The van der Waals surface area contributed by atoms with Crippen molar-refractivity contribution in [1.82, 2.24) is 0 Å². The number of aliphatic hydroxyl groups excluding tert-OH is 1. The largest absolute Gasteiger partial charge is 0.457 e. The molecule has 1 unspecified atom stereocenters. The zero-order valence-corrected chi connectivity index (χ0v) is 10.8. The van der Waals surface area contributed by atoms with E-state index in [0.717, 1.165) is 17.1 Å². The monoisotopic (exact) mass is 292 g/mol. The van der Waals surface area contributed by atoms with Crippen LogP contribution in [0.25, 0.3) is 0 Å². The molecule has 0 spiro atoms. The van der Waals surface area contributed by atoms with Gasteiger partial charge in [0.2, 0.25) is 0 Å². The number of halogens is 1. The molecule has 0 aliphatic heterocycles. The number of benzene rings is 2. The zero-order valence-electron chi connectivity index (χ0n) is 9.21. The molecule has 0 saturated carbocycles. The van der Waals surface area contributed by atoms with Crippen molar-refractivity contribution in [1.29, 1.82) is 0 Å². The highest BCUT2D eigenvalue weighted by Crippen LogP contribution is 2.24. The molecular weight excluding hydrogens is 280 g/mol. The van der Waals surface area contributed by atoms with E-state index in [-0.39, 0.29) is 0 Å². The van der Waals surface area contributed by atoms with Crippen LogP contribution in [0, 0.1) is 0 Å². The second kappa shape index (κ2) is 5.84. The quantitative estimate of drug-likeness (QED) is 0.866. The average molecular weight is 293 g/mol. The summed E-state index contributed by atoms with van der Waals surface area (Å²) in [5.74, 6) is 1.52. The smallest absolute Gasteiger partial charge is 0.127 e. The first-order valence-corrected chi connectivity index (χ1v) is 6.48. The molecule has 2 aromatic rings. The Hall–Kier alpha value is -1.32. The molecule has 0 saturated heterocycles. The fraction of sp³-hybridized carbons (Fsp3) is 0.143. The SMILES string of the molecule is OC(CBr)c1cccc(Oc2ccccc2)c1.